The largest absolute Gasteiger partial charge is 0.494 e. The molecule has 5 nitrogen and oxygen atoms in total. The second kappa shape index (κ2) is 5.85. The molecule has 0 saturated carbocycles. The summed E-state index contributed by atoms with van der Waals surface area (Å²) in [6.45, 7) is 0. The smallest absolute Gasteiger partial charge is 0.278 e. The molecule has 0 spiro atoms. The van der Waals surface area contributed by atoms with Gasteiger partial charge in [0.2, 0.25) is 0 Å². The summed E-state index contributed by atoms with van der Waals surface area (Å²) in [6.07, 6.45) is 3.47. The minimum atomic E-state index is -0.271. The maximum absolute atomic E-state index is 12.2. The molecule has 0 fully saturated rings. The molecule has 2 aromatic carbocycles. The molecule has 0 aliphatic carbocycles. The molecule has 0 radical (unpaired) electrons. The van der Waals surface area contributed by atoms with Gasteiger partial charge in [-0.25, -0.2) is 4.99 Å². The van der Waals surface area contributed by atoms with Crippen molar-refractivity contribution in [3.63, 3.8) is 0 Å². The summed E-state index contributed by atoms with van der Waals surface area (Å²) in [5.41, 5.74) is 3.16. The van der Waals surface area contributed by atoms with E-state index in [1.165, 1.54) is 0 Å². The zero-order chi connectivity index (χ0) is 18.4. The van der Waals surface area contributed by atoms with E-state index in [1.807, 2.05) is 48.5 Å². The van der Waals surface area contributed by atoms with Crippen LogP contribution in [0.15, 0.2) is 70.1 Å². The fraction of sp³-hybridized carbons (Fsp3) is 0. The summed E-state index contributed by atoms with van der Waals surface area (Å²) < 4.78 is 5.84. The standard InChI is InChI=1S/C22H14N2O3/c25-21-17(15-5-1-3-7-19(15)23-21)11-13-9-10-14(27-13)12-18-16-6-2-4-8-20(16)24-22(18)26/h1-12,23,25H/b13-11-,14-12+. The maximum atomic E-state index is 12.2. The summed E-state index contributed by atoms with van der Waals surface area (Å²) in [5, 5.41) is 12.6. The molecule has 130 valence electrons. The van der Waals surface area contributed by atoms with Crippen LogP contribution in [0.1, 0.15) is 5.56 Å². The lowest BCUT2D eigenvalue weighted by Gasteiger charge is -1.90. The Morgan fingerprint density at radius 3 is 2.56 bits per heavy atom. The SMILES string of the molecule is O=C1N=c2ccccc2=C1/C=c1\cc/c(=C/c2c(O)[nH]c3ccccc23)o1. The topological polar surface area (TPSA) is 78.6 Å². The molecule has 4 aromatic rings. The van der Waals surface area contributed by atoms with E-state index in [0.29, 0.717) is 27.3 Å². The highest BCUT2D eigenvalue weighted by molar-refractivity contribution is 6.24. The molecule has 27 heavy (non-hydrogen) atoms. The van der Waals surface area contributed by atoms with Crippen LogP contribution in [0.25, 0.3) is 28.6 Å². The zero-order valence-corrected chi connectivity index (χ0v) is 14.1. The van der Waals surface area contributed by atoms with E-state index in [9.17, 15) is 9.90 Å². The van der Waals surface area contributed by atoms with Crippen molar-refractivity contribution in [3.05, 3.63) is 87.6 Å². The Morgan fingerprint density at radius 1 is 0.926 bits per heavy atom. The van der Waals surface area contributed by atoms with Crippen molar-refractivity contribution >= 4 is 34.5 Å². The van der Waals surface area contributed by atoms with Gasteiger partial charge in [0.25, 0.3) is 5.91 Å². The molecule has 5 heteroatoms. The van der Waals surface area contributed by atoms with Crippen molar-refractivity contribution in [3.8, 4) is 5.88 Å². The second-order valence-corrected chi connectivity index (χ2v) is 6.31. The van der Waals surface area contributed by atoms with E-state index in [0.717, 1.165) is 16.1 Å². The van der Waals surface area contributed by atoms with E-state index in [2.05, 4.69) is 9.98 Å². The third kappa shape index (κ3) is 2.57. The van der Waals surface area contributed by atoms with E-state index >= 15 is 0 Å². The van der Waals surface area contributed by atoms with Gasteiger partial charge in [0.1, 0.15) is 10.8 Å². The normalized spacial score (nSPS) is 14.8. The number of carbonyl (C=O) groups is 1. The lowest BCUT2D eigenvalue weighted by Crippen LogP contribution is -2.22. The predicted octanol–water partition coefficient (Wildman–Crippen LogP) is 1.09. The highest BCUT2D eigenvalue weighted by atomic mass is 16.3. The number of aromatic nitrogens is 1. The second-order valence-electron chi connectivity index (χ2n) is 6.31. The molecule has 0 bridgehead atoms. The number of amides is 1. The van der Waals surface area contributed by atoms with Crippen molar-refractivity contribution in [2.45, 2.75) is 0 Å². The van der Waals surface area contributed by atoms with Crippen LogP contribution in [-0.4, -0.2) is 16.0 Å². The molecule has 0 atom stereocenters. The Labute approximate surface area is 152 Å². The fourth-order valence-electron chi connectivity index (χ4n) is 3.33. The minimum Gasteiger partial charge on any atom is -0.494 e. The van der Waals surface area contributed by atoms with Crippen LogP contribution in [-0.2, 0) is 4.79 Å². The van der Waals surface area contributed by atoms with Crippen LogP contribution in [0.2, 0.25) is 0 Å². The van der Waals surface area contributed by atoms with Gasteiger partial charge in [-0.15, -0.1) is 0 Å². The Balaban J connectivity index is 1.65. The number of rotatable bonds is 2. The monoisotopic (exact) mass is 354 g/mol. The summed E-state index contributed by atoms with van der Waals surface area (Å²) in [5.74, 6) is -0.182. The molecule has 0 unspecified atom stereocenters. The van der Waals surface area contributed by atoms with Crippen molar-refractivity contribution in [2.24, 2.45) is 4.99 Å². The van der Waals surface area contributed by atoms with E-state index in [-0.39, 0.29) is 11.8 Å². The number of nitrogens with zero attached hydrogens (tertiary/aromatic N) is 1. The Bertz CT molecular complexity index is 1460. The van der Waals surface area contributed by atoms with Crippen LogP contribution in [0.5, 0.6) is 5.88 Å². The van der Waals surface area contributed by atoms with Gasteiger partial charge in [-0.05, 0) is 36.4 Å². The number of H-pyrrole nitrogens is 1. The number of para-hydroxylation sites is 2. The average Bonchev–Trinajstić information content (AvgIpc) is 3.33. The molecule has 2 N–H and O–H groups in total. The van der Waals surface area contributed by atoms with Crippen molar-refractivity contribution < 1.29 is 14.3 Å². The summed E-state index contributed by atoms with van der Waals surface area (Å²) in [6, 6.07) is 18.7. The summed E-state index contributed by atoms with van der Waals surface area (Å²) in [4.78, 5) is 19.2. The van der Waals surface area contributed by atoms with Crippen LogP contribution >= 0.6 is 0 Å². The third-order valence-corrected chi connectivity index (χ3v) is 4.59. The summed E-state index contributed by atoms with van der Waals surface area (Å²) in [7, 11) is 0. The third-order valence-electron chi connectivity index (χ3n) is 4.59. The molecule has 1 aliphatic rings. The van der Waals surface area contributed by atoms with Crippen LogP contribution in [0.4, 0.5) is 0 Å². The van der Waals surface area contributed by atoms with Gasteiger partial charge in [-0.1, -0.05) is 36.4 Å². The number of fused-ring (bicyclic) bond motifs is 2. The first-order chi connectivity index (χ1) is 13.2. The first-order valence-electron chi connectivity index (χ1n) is 8.50. The first-order valence-corrected chi connectivity index (χ1v) is 8.50. The van der Waals surface area contributed by atoms with Gasteiger partial charge in [-0.3, -0.25) is 4.79 Å². The van der Waals surface area contributed by atoms with Crippen LogP contribution in [0, 0.1) is 0 Å². The lowest BCUT2D eigenvalue weighted by molar-refractivity contribution is -0.112. The van der Waals surface area contributed by atoms with Crippen molar-refractivity contribution in [2.75, 3.05) is 0 Å². The Kier molecular flexibility index (Phi) is 3.33. The zero-order valence-electron chi connectivity index (χ0n) is 14.1. The summed E-state index contributed by atoms with van der Waals surface area (Å²) >= 11 is 0. The predicted molar refractivity (Wildman–Crippen MR) is 102 cm³/mol. The van der Waals surface area contributed by atoms with Gasteiger partial charge in [-0.2, -0.15) is 0 Å². The van der Waals surface area contributed by atoms with Crippen LogP contribution in [0.3, 0.4) is 0 Å². The molecule has 3 heterocycles. The number of aromatic amines is 1. The molecule has 5 rings (SSSR count). The van der Waals surface area contributed by atoms with Gasteiger partial charge in [0.05, 0.1) is 10.9 Å². The number of hydrogen-bond acceptors (Lipinski definition) is 3. The molecule has 1 aliphatic heterocycles. The van der Waals surface area contributed by atoms with E-state index in [4.69, 9.17) is 4.42 Å². The minimum absolute atomic E-state index is 0.0891. The van der Waals surface area contributed by atoms with Gasteiger partial charge >= 0.3 is 0 Å². The van der Waals surface area contributed by atoms with Crippen molar-refractivity contribution in [1.82, 2.24) is 4.98 Å². The van der Waals surface area contributed by atoms with Crippen LogP contribution < -0.4 is 21.4 Å². The molecular formula is C22H14N2O3. The number of aromatic hydroxyl groups is 1. The molecule has 0 saturated heterocycles. The number of nitrogens with one attached hydrogen (secondary N) is 1. The van der Waals surface area contributed by atoms with Gasteiger partial charge < -0.3 is 14.5 Å². The molecular weight excluding hydrogens is 340 g/mol. The average molecular weight is 354 g/mol. The van der Waals surface area contributed by atoms with Gasteiger partial charge in [0.15, 0.2) is 5.88 Å². The maximum Gasteiger partial charge on any atom is 0.278 e. The molecule has 2 aromatic heterocycles. The Morgan fingerprint density at radius 2 is 1.67 bits per heavy atom. The number of hydrogen-bond donors (Lipinski definition) is 2. The number of carbonyl (C=O) groups excluding carboxylic acids is 1. The number of furan rings is 1. The molecule has 1 amide bonds. The van der Waals surface area contributed by atoms with Gasteiger partial charge in [0, 0.05) is 21.7 Å². The number of benzene rings is 2. The van der Waals surface area contributed by atoms with E-state index in [1.54, 1.807) is 24.3 Å². The lowest BCUT2D eigenvalue weighted by atomic mass is 10.1. The van der Waals surface area contributed by atoms with E-state index < -0.39 is 0 Å². The highest BCUT2D eigenvalue weighted by Gasteiger charge is 2.13. The first kappa shape index (κ1) is 15.4. The fourth-order valence-corrected chi connectivity index (χ4v) is 3.33. The highest BCUT2D eigenvalue weighted by Crippen LogP contribution is 2.27. The quantitative estimate of drug-likeness (QED) is 0.566. The van der Waals surface area contributed by atoms with Crippen molar-refractivity contribution in [1.29, 1.82) is 0 Å². The Hall–Kier alpha value is -3.86.